The largest absolute Gasteiger partial charge is 0.479 e. The maximum Gasteiger partial charge on any atom is 0.335 e. The summed E-state index contributed by atoms with van der Waals surface area (Å²) in [5, 5.41) is 31.5. The molecule has 0 aromatic rings. The molecule has 75 heavy (non-hydrogen) atoms. The highest BCUT2D eigenvalue weighted by molar-refractivity contribution is 5.74. The summed E-state index contributed by atoms with van der Waals surface area (Å²) in [7, 11) is 0. The van der Waals surface area contributed by atoms with Crippen LogP contribution in [0.1, 0.15) is 239 Å². The van der Waals surface area contributed by atoms with Gasteiger partial charge in [0.25, 0.3) is 0 Å². The van der Waals surface area contributed by atoms with Gasteiger partial charge in [0.1, 0.15) is 18.8 Å². The number of hydrogen-bond donors (Lipinski definition) is 3. The first kappa shape index (κ1) is 68.9. The molecule has 0 amide bonds. The minimum atomic E-state index is -1.91. The Bertz CT molecular complexity index is 1630. The molecule has 1 aliphatic rings. The maximum absolute atomic E-state index is 13.1. The number of unbranched alkanes of at least 4 members (excludes halogenated alkanes) is 21. The number of aliphatic carboxylic acids is 1. The molecule has 0 saturated carbocycles. The van der Waals surface area contributed by atoms with Gasteiger partial charge in [0.05, 0.1) is 6.61 Å². The first-order valence-corrected chi connectivity index (χ1v) is 29.6. The number of carbonyl (C=O) groups excluding carboxylic acids is 3. The van der Waals surface area contributed by atoms with E-state index in [-0.39, 0.29) is 25.9 Å². The predicted octanol–water partition coefficient (Wildman–Crippen LogP) is 15.1. The summed E-state index contributed by atoms with van der Waals surface area (Å²) in [6.45, 7) is 5.80. The van der Waals surface area contributed by atoms with Gasteiger partial charge in [0.15, 0.2) is 24.6 Å². The van der Waals surface area contributed by atoms with Gasteiger partial charge in [0, 0.05) is 19.3 Å². The number of ether oxygens (including phenoxy) is 5. The average molecular weight is 1050 g/mol. The second-order valence-corrected chi connectivity index (χ2v) is 19.9. The van der Waals surface area contributed by atoms with E-state index in [1.807, 2.05) is 0 Å². The molecular weight excluding hydrogens is 949 g/mol. The van der Waals surface area contributed by atoms with Crippen molar-refractivity contribution in [1.29, 1.82) is 0 Å². The molecule has 428 valence electrons. The van der Waals surface area contributed by atoms with E-state index in [2.05, 4.69) is 106 Å². The van der Waals surface area contributed by atoms with Crippen molar-refractivity contribution >= 4 is 23.9 Å². The molecule has 6 unspecified atom stereocenters. The minimum absolute atomic E-state index is 0.0413. The van der Waals surface area contributed by atoms with E-state index in [0.29, 0.717) is 19.3 Å². The van der Waals surface area contributed by atoms with Crippen molar-refractivity contribution in [2.24, 2.45) is 0 Å². The molecule has 3 N–H and O–H groups in total. The van der Waals surface area contributed by atoms with E-state index >= 15 is 0 Å². The molecule has 12 heteroatoms. The summed E-state index contributed by atoms with van der Waals surface area (Å²) in [6, 6.07) is 0. The smallest absolute Gasteiger partial charge is 0.335 e. The van der Waals surface area contributed by atoms with Crippen LogP contribution in [0, 0.1) is 0 Å². The van der Waals surface area contributed by atoms with Crippen molar-refractivity contribution in [3.8, 4) is 0 Å². The lowest BCUT2D eigenvalue weighted by atomic mass is 9.98. The van der Waals surface area contributed by atoms with Gasteiger partial charge in [-0.3, -0.25) is 14.4 Å². The molecule has 0 spiro atoms. The van der Waals surface area contributed by atoms with Crippen LogP contribution in [0.25, 0.3) is 0 Å². The number of aliphatic hydroxyl groups is 2. The van der Waals surface area contributed by atoms with Crippen LogP contribution < -0.4 is 0 Å². The second-order valence-electron chi connectivity index (χ2n) is 19.9. The summed E-state index contributed by atoms with van der Waals surface area (Å²) in [4.78, 5) is 51.0. The van der Waals surface area contributed by atoms with Crippen LogP contribution in [0.4, 0.5) is 0 Å². The number of carboxylic acids is 1. The highest BCUT2D eigenvalue weighted by atomic mass is 16.7. The normalized spacial score (nSPS) is 18.8. The number of allylic oxidation sites excluding steroid dienone is 14. The van der Waals surface area contributed by atoms with Crippen molar-refractivity contribution in [2.45, 2.75) is 276 Å². The summed E-state index contributed by atoms with van der Waals surface area (Å²) < 4.78 is 28.3. The average Bonchev–Trinajstić information content (AvgIpc) is 3.39. The molecule has 0 radical (unpaired) electrons. The number of hydrogen-bond acceptors (Lipinski definition) is 11. The van der Waals surface area contributed by atoms with E-state index in [1.54, 1.807) is 0 Å². The second kappa shape index (κ2) is 50.7. The van der Waals surface area contributed by atoms with Crippen molar-refractivity contribution in [2.75, 3.05) is 13.2 Å². The van der Waals surface area contributed by atoms with Gasteiger partial charge in [-0.15, -0.1) is 0 Å². The van der Waals surface area contributed by atoms with Crippen molar-refractivity contribution in [1.82, 2.24) is 0 Å². The van der Waals surface area contributed by atoms with Gasteiger partial charge in [-0.1, -0.05) is 209 Å². The van der Waals surface area contributed by atoms with Crippen LogP contribution in [-0.4, -0.2) is 89.2 Å². The van der Waals surface area contributed by atoms with E-state index in [9.17, 15) is 34.5 Å². The van der Waals surface area contributed by atoms with Crippen molar-refractivity contribution < 1.29 is 58.2 Å². The standard InChI is InChI=1S/C63H104O12/c1-4-7-10-13-16-19-21-23-25-27-28-30-32-34-36-39-42-45-48-51-57(66)74-61-59(68)58(67)60(62(69)70)75-63(61)72-53-54(73-56(65)50-47-44-41-37-18-15-12-9-6-3)52-71-55(64)49-46-43-40-38-35-33-31-29-26-24-22-20-17-14-11-8-5-2/h8,11,16-17,19-20,23-26,28,30-31,33,54,58-61,63,67-68H,4-7,9-10,12-15,18,21-22,27,29,32,34-53H2,1-3H3,(H,69,70)/b11-8-,19-16-,20-17-,25-23-,26-24-,30-28-,33-31-. The third kappa shape index (κ3) is 40.8. The van der Waals surface area contributed by atoms with Gasteiger partial charge in [-0.25, -0.2) is 4.79 Å². The number of rotatable bonds is 49. The molecular formula is C63H104O12. The van der Waals surface area contributed by atoms with E-state index < -0.39 is 67.3 Å². The molecule has 12 nitrogen and oxygen atoms in total. The van der Waals surface area contributed by atoms with Gasteiger partial charge < -0.3 is 39.0 Å². The van der Waals surface area contributed by atoms with Crippen LogP contribution in [0.15, 0.2) is 85.1 Å². The predicted molar refractivity (Wildman–Crippen MR) is 303 cm³/mol. The first-order chi connectivity index (χ1) is 36.6. The lowest BCUT2D eigenvalue weighted by molar-refractivity contribution is -0.301. The highest BCUT2D eigenvalue weighted by Crippen LogP contribution is 2.26. The van der Waals surface area contributed by atoms with Crippen LogP contribution in [0.3, 0.4) is 0 Å². The molecule has 0 aromatic carbocycles. The lowest BCUT2D eigenvalue weighted by Gasteiger charge is -2.40. The van der Waals surface area contributed by atoms with Gasteiger partial charge in [-0.05, 0) is 96.3 Å². The fourth-order valence-electron chi connectivity index (χ4n) is 8.42. The number of carbonyl (C=O) groups is 4. The summed E-state index contributed by atoms with van der Waals surface area (Å²) in [5.41, 5.74) is 0. The van der Waals surface area contributed by atoms with Crippen LogP contribution in [0.5, 0.6) is 0 Å². The topological polar surface area (TPSA) is 175 Å². The summed E-state index contributed by atoms with van der Waals surface area (Å²) in [5.74, 6) is -3.17. The third-order valence-corrected chi connectivity index (χ3v) is 13.0. The van der Waals surface area contributed by atoms with Gasteiger partial charge >= 0.3 is 23.9 Å². The monoisotopic (exact) mass is 1050 g/mol. The molecule has 0 aliphatic carbocycles. The molecule has 1 rings (SSSR count). The zero-order valence-electron chi connectivity index (χ0n) is 47.0. The molecule has 6 atom stereocenters. The summed E-state index contributed by atoms with van der Waals surface area (Å²) >= 11 is 0. The minimum Gasteiger partial charge on any atom is -0.479 e. The van der Waals surface area contributed by atoms with Gasteiger partial charge in [-0.2, -0.15) is 0 Å². The fraction of sp³-hybridized carbons (Fsp3) is 0.714. The molecule has 1 fully saturated rings. The Morgan fingerprint density at radius 3 is 1.31 bits per heavy atom. The molecule has 0 bridgehead atoms. The SMILES string of the molecule is CC/C=C\C/C=C\C/C=C\C/C=C\CCCCCCC(=O)OCC(COC1OC(C(=O)O)C(O)C(O)C1OC(=O)CCCCCCCC/C=C\C/C=C\C/C=C\CCCCC)OC(=O)CCCCCCCCCCC. The molecule has 1 saturated heterocycles. The Kier molecular flexibility index (Phi) is 46.6. The first-order valence-electron chi connectivity index (χ1n) is 29.6. The molecule has 0 aromatic heterocycles. The van der Waals surface area contributed by atoms with Crippen molar-refractivity contribution in [3.63, 3.8) is 0 Å². The fourth-order valence-corrected chi connectivity index (χ4v) is 8.42. The quantitative estimate of drug-likeness (QED) is 0.0228. The number of carboxylic acid groups (broad SMARTS) is 1. The zero-order chi connectivity index (χ0) is 54.7. The van der Waals surface area contributed by atoms with Crippen molar-refractivity contribution in [3.05, 3.63) is 85.1 Å². The van der Waals surface area contributed by atoms with E-state index in [1.165, 1.54) is 57.8 Å². The Morgan fingerprint density at radius 1 is 0.453 bits per heavy atom. The van der Waals surface area contributed by atoms with Crippen LogP contribution in [0.2, 0.25) is 0 Å². The van der Waals surface area contributed by atoms with Gasteiger partial charge in [0.2, 0.25) is 0 Å². The van der Waals surface area contributed by atoms with E-state index in [0.717, 1.165) is 122 Å². The summed E-state index contributed by atoms with van der Waals surface area (Å²) in [6.07, 6.45) is 52.7. The van der Waals surface area contributed by atoms with E-state index in [4.69, 9.17) is 23.7 Å². The lowest BCUT2D eigenvalue weighted by Crippen LogP contribution is -2.61. The Labute approximate surface area is 454 Å². The molecule has 1 aliphatic heterocycles. The third-order valence-electron chi connectivity index (χ3n) is 13.0. The maximum atomic E-state index is 13.1. The number of esters is 3. The Hall–Kier alpha value is -4.10. The van der Waals surface area contributed by atoms with Crippen LogP contribution >= 0.6 is 0 Å². The zero-order valence-corrected chi connectivity index (χ0v) is 47.0. The number of aliphatic hydroxyl groups excluding tert-OH is 2. The highest BCUT2D eigenvalue weighted by Gasteiger charge is 2.50. The Balaban J connectivity index is 2.66. The molecule has 1 heterocycles. The Morgan fingerprint density at radius 2 is 0.840 bits per heavy atom. The van der Waals surface area contributed by atoms with Crippen LogP contribution in [-0.2, 0) is 42.9 Å².